The van der Waals surface area contributed by atoms with Crippen LogP contribution in [0.3, 0.4) is 0 Å². The highest BCUT2D eigenvalue weighted by atomic mass is 16.3. The molecule has 3 rings (SSSR count). The van der Waals surface area contributed by atoms with Gasteiger partial charge in [0.1, 0.15) is 5.69 Å². The number of aromatic nitrogens is 2. The number of nitrogens with zero attached hydrogens (tertiary/aromatic N) is 4. The Balaban J connectivity index is 1.79. The lowest BCUT2D eigenvalue weighted by Crippen LogP contribution is -2.55. The first-order chi connectivity index (χ1) is 12.9. The van der Waals surface area contributed by atoms with Gasteiger partial charge in [-0.05, 0) is 12.5 Å². The van der Waals surface area contributed by atoms with Gasteiger partial charge in [-0.25, -0.2) is 4.79 Å². The molecule has 146 valence electrons. The van der Waals surface area contributed by atoms with E-state index >= 15 is 0 Å². The van der Waals surface area contributed by atoms with E-state index in [2.05, 4.69) is 4.90 Å². The number of hydrogen-bond donors (Lipinski definition) is 1. The number of carbonyl (C=O) groups is 1. The quantitative estimate of drug-likeness (QED) is 0.747. The Morgan fingerprint density at radius 2 is 2.04 bits per heavy atom. The maximum atomic E-state index is 12.9. The minimum absolute atomic E-state index is 0.0128. The summed E-state index contributed by atoms with van der Waals surface area (Å²) in [4.78, 5) is 40.8. The molecule has 9 nitrogen and oxygen atoms in total. The molecule has 0 radical (unpaired) electrons. The van der Waals surface area contributed by atoms with E-state index in [0.29, 0.717) is 32.6 Å². The second-order valence-corrected chi connectivity index (χ2v) is 6.79. The monoisotopic (exact) mass is 376 g/mol. The van der Waals surface area contributed by atoms with E-state index in [4.69, 9.17) is 4.42 Å². The molecule has 1 aliphatic rings. The van der Waals surface area contributed by atoms with E-state index in [0.717, 1.165) is 10.1 Å². The zero-order valence-electron chi connectivity index (χ0n) is 15.5. The second-order valence-electron chi connectivity index (χ2n) is 6.79. The largest absolute Gasteiger partial charge is 0.472 e. The van der Waals surface area contributed by atoms with Crippen LogP contribution in [0.25, 0.3) is 0 Å². The molecule has 0 unspecified atom stereocenters. The number of aliphatic hydroxyl groups is 1. The van der Waals surface area contributed by atoms with Gasteiger partial charge in [-0.15, -0.1) is 0 Å². The van der Waals surface area contributed by atoms with Crippen LogP contribution in [0.5, 0.6) is 0 Å². The van der Waals surface area contributed by atoms with Gasteiger partial charge in [0.25, 0.3) is 11.5 Å². The van der Waals surface area contributed by atoms with Crippen molar-refractivity contribution in [2.24, 2.45) is 14.1 Å². The standard InChI is InChI=1S/C18H24N4O5/c1-19-15(9-16(24)20(2)18(19)26)17(25)22-6-5-21(14(11-22)3-7-23)10-13-4-8-27-12-13/h4,8-9,12,14,23H,3,5-7,10-11H2,1-2H3/t14-/m0/s1. The molecule has 0 saturated carbocycles. The summed E-state index contributed by atoms with van der Waals surface area (Å²) in [5, 5.41) is 9.41. The molecule has 1 amide bonds. The molecule has 3 heterocycles. The number of hydrogen-bond acceptors (Lipinski definition) is 6. The first-order valence-electron chi connectivity index (χ1n) is 8.84. The van der Waals surface area contributed by atoms with E-state index < -0.39 is 11.2 Å². The third-order valence-corrected chi connectivity index (χ3v) is 5.07. The van der Waals surface area contributed by atoms with Crippen molar-refractivity contribution in [2.75, 3.05) is 26.2 Å². The van der Waals surface area contributed by atoms with E-state index in [1.54, 1.807) is 17.4 Å². The number of carbonyl (C=O) groups excluding carboxylic acids is 1. The van der Waals surface area contributed by atoms with Gasteiger partial charge >= 0.3 is 5.69 Å². The highest BCUT2D eigenvalue weighted by molar-refractivity contribution is 5.92. The summed E-state index contributed by atoms with van der Waals surface area (Å²) >= 11 is 0. The molecule has 9 heteroatoms. The molecule has 0 aromatic carbocycles. The SMILES string of the molecule is Cn1c(C(=O)N2CCN(Cc3ccoc3)[C@@H](CCO)C2)cc(=O)n(C)c1=O. The Bertz CT molecular complexity index is 915. The third-order valence-electron chi connectivity index (χ3n) is 5.07. The summed E-state index contributed by atoms with van der Waals surface area (Å²) in [7, 11) is 2.86. The summed E-state index contributed by atoms with van der Waals surface area (Å²) < 4.78 is 7.27. The van der Waals surface area contributed by atoms with Crippen molar-refractivity contribution in [2.45, 2.75) is 19.0 Å². The van der Waals surface area contributed by atoms with Gasteiger partial charge in [-0.3, -0.25) is 23.6 Å². The lowest BCUT2D eigenvalue weighted by Gasteiger charge is -2.41. The van der Waals surface area contributed by atoms with Crippen molar-refractivity contribution < 1.29 is 14.3 Å². The van der Waals surface area contributed by atoms with Crippen molar-refractivity contribution in [3.8, 4) is 0 Å². The van der Waals surface area contributed by atoms with Gasteiger partial charge in [0.15, 0.2) is 0 Å². The Morgan fingerprint density at radius 3 is 2.70 bits per heavy atom. The first-order valence-corrected chi connectivity index (χ1v) is 8.84. The average Bonchev–Trinajstić information content (AvgIpc) is 3.17. The fourth-order valence-electron chi connectivity index (χ4n) is 3.43. The minimum Gasteiger partial charge on any atom is -0.472 e. The van der Waals surface area contributed by atoms with Gasteiger partial charge in [-0.2, -0.15) is 0 Å². The van der Waals surface area contributed by atoms with Crippen LogP contribution >= 0.6 is 0 Å². The molecule has 0 spiro atoms. The molecule has 0 bridgehead atoms. The van der Waals surface area contributed by atoms with Crippen LogP contribution in [-0.4, -0.2) is 62.2 Å². The molecule has 1 fully saturated rings. The Morgan fingerprint density at radius 1 is 1.26 bits per heavy atom. The van der Waals surface area contributed by atoms with Crippen LogP contribution in [-0.2, 0) is 20.6 Å². The number of rotatable bonds is 5. The van der Waals surface area contributed by atoms with Crippen molar-refractivity contribution in [1.82, 2.24) is 18.9 Å². The Hall–Kier alpha value is -2.65. The predicted octanol–water partition coefficient (Wildman–Crippen LogP) is -0.614. The number of furan rings is 1. The van der Waals surface area contributed by atoms with Crippen molar-refractivity contribution in [1.29, 1.82) is 0 Å². The van der Waals surface area contributed by atoms with Crippen molar-refractivity contribution in [3.63, 3.8) is 0 Å². The summed E-state index contributed by atoms with van der Waals surface area (Å²) in [6.45, 7) is 2.20. The van der Waals surface area contributed by atoms with Gasteiger partial charge in [0, 0.05) is 64.6 Å². The van der Waals surface area contributed by atoms with Crippen LogP contribution < -0.4 is 11.2 Å². The summed E-state index contributed by atoms with van der Waals surface area (Å²) in [6, 6.07) is 3.07. The lowest BCUT2D eigenvalue weighted by atomic mass is 10.1. The molecule has 1 aliphatic heterocycles. The molecule has 0 aliphatic carbocycles. The highest BCUT2D eigenvalue weighted by Gasteiger charge is 2.31. The number of amides is 1. The van der Waals surface area contributed by atoms with Crippen LogP contribution in [0.15, 0.2) is 38.7 Å². The van der Waals surface area contributed by atoms with Gasteiger partial charge in [-0.1, -0.05) is 0 Å². The zero-order valence-corrected chi connectivity index (χ0v) is 15.5. The molecule has 1 atom stereocenters. The highest BCUT2D eigenvalue weighted by Crippen LogP contribution is 2.18. The molecule has 2 aromatic heterocycles. The summed E-state index contributed by atoms with van der Waals surface area (Å²) in [5.74, 6) is -0.349. The Kier molecular flexibility index (Phi) is 5.62. The van der Waals surface area contributed by atoms with Gasteiger partial charge in [0.2, 0.25) is 0 Å². The minimum atomic E-state index is -0.531. The van der Waals surface area contributed by atoms with Crippen LogP contribution in [0, 0.1) is 0 Å². The van der Waals surface area contributed by atoms with Gasteiger partial charge in [0.05, 0.1) is 12.5 Å². The van der Waals surface area contributed by atoms with Crippen LogP contribution in [0.4, 0.5) is 0 Å². The molecule has 1 N–H and O–H groups in total. The molecular weight excluding hydrogens is 352 g/mol. The second kappa shape index (κ2) is 7.93. The van der Waals surface area contributed by atoms with Crippen molar-refractivity contribution >= 4 is 5.91 Å². The van der Waals surface area contributed by atoms with Crippen LogP contribution in [0.1, 0.15) is 22.5 Å². The van der Waals surface area contributed by atoms with E-state index in [1.807, 2.05) is 6.07 Å². The van der Waals surface area contributed by atoms with E-state index in [-0.39, 0.29) is 24.2 Å². The smallest absolute Gasteiger partial charge is 0.331 e. The summed E-state index contributed by atoms with van der Waals surface area (Å²) in [6.07, 6.45) is 3.83. The first kappa shape index (κ1) is 19.1. The summed E-state index contributed by atoms with van der Waals surface area (Å²) in [5.41, 5.74) is 0.0732. The van der Waals surface area contributed by atoms with E-state index in [9.17, 15) is 19.5 Å². The fraction of sp³-hybridized carbons (Fsp3) is 0.500. The normalized spacial score (nSPS) is 18.0. The van der Waals surface area contributed by atoms with Crippen molar-refractivity contribution in [3.05, 3.63) is 56.8 Å². The average molecular weight is 376 g/mol. The predicted molar refractivity (Wildman–Crippen MR) is 97.4 cm³/mol. The molecule has 27 heavy (non-hydrogen) atoms. The maximum absolute atomic E-state index is 12.9. The van der Waals surface area contributed by atoms with E-state index in [1.165, 1.54) is 24.7 Å². The Labute approximate surface area is 156 Å². The fourth-order valence-corrected chi connectivity index (χ4v) is 3.43. The number of piperazine rings is 1. The molecule has 2 aromatic rings. The van der Waals surface area contributed by atoms with Crippen LogP contribution in [0.2, 0.25) is 0 Å². The topological polar surface area (TPSA) is 101 Å². The molecular formula is C18H24N4O5. The number of aliphatic hydroxyl groups excluding tert-OH is 1. The lowest BCUT2D eigenvalue weighted by molar-refractivity contribution is 0.0386. The van der Waals surface area contributed by atoms with Gasteiger partial charge < -0.3 is 14.4 Å². The maximum Gasteiger partial charge on any atom is 0.331 e. The third kappa shape index (κ3) is 3.88. The molecule has 1 saturated heterocycles. The zero-order chi connectivity index (χ0) is 19.6.